The van der Waals surface area contributed by atoms with E-state index >= 15 is 0 Å². The van der Waals surface area contributed by atoms with E-state index in [1.807, 2.05) is 0 Å². The Labute approximate surface area is 108 Å². The molecule has 6 heteroatoms. The van der Waals surface area contributed by atoms with Crippen molar-refractivity contribution in [2.24, 2.45) is 5.73 Å². The lowest BCUT2D eigenvalue weighted by Gasteiger charge is -2.08. The van der Waals surface area contributed by atoms with Gasteiger partial charge < -0.3 is 20.0 Å². The van der Waals surface area contributed by atoms with Crippen LogP contribution >= 0.6 is 0 Å². The van der Waals surface area contributed by atoms with Crippen molar-refractivity contribution in [1.82, 2.24) is 0 Å². The lowest BCUT2D eigenvalue weighted by Crippen LogP contribution is -2.30. The van der Waals surface area contributed by atoms with E-state index in [0.717, 1.165) is 0 Å². The number of carbonyl (C=O) groups excluding carboxylic acids is 2. The molecule has 0 fully saturated rings. The van der Waals surface area contributed by atoms with Crippen molar-refractivity contribution >= 4 is 22.8 Å². The molecule has 1 atom stereocenters. The number of fused-ring (bicyclic) bond motifs is 1. The quantitative estimate of drug-likeness (QED) is 0.804. The van der Waals surface area contributed by atoms with Crippen molar-refractivity contribution < 1.29 is 23.8 Å². The van der Waals surface area contributed by atoms with E-state index < -0.39 is 18.0 Å². The maximum absolute atomic E-state index is 11.6. The van der Waals surface area contributed by atoms with Crippen molar-refractivity contribution in [1.29, 1.82) is 0 Å². The first-order valence-corrected chi connectivity index (χ1v) is 5.65. The average molecular weight is 263 g/mol. The Kier molecular flexibility index (Phi) is 3.41. The molecular weight excluding hydrogens is 250 g/mol. The highest BCUT2D eigenvalue weighted by atomic mass is 16.5. The van der Waals surface area contributed by atoms with Crippen LogP contribution < -0.4 is 5.73 Å². The second-order valence-corrected chi connectivity index (χ2v) is 4.15. The van der Waals surface area contributed by atoms with Crippen LogP contribution in [-0.4, -0.2) is 23.1 Å². The summed E-state index contributed by atoms with van der Waals surface area (Å²) in [4.78, 5) is 22.4. The Bertz CT molecular complexity index is 631. The molecule has 100 valence electrons. The number of aromatic hydroxyl groups is 1. The number of phenols is 1. The van der Waals surface area contributed by atoms with E-state index in [1.165, 1.54) is 25.3 Å². The summed E-state index contributed by atoms with van der Waals surface area (Å²) in [7, 11) is 0. The third-order valence-corrected chi connectivity index (χ3v) is 2.68. The molecule has 0 aliphatic heterocycles. The van der Waals surface area contributed by atoms with E-state index in [-0.39, 0.29) is 12.2 Å². The molecular formula is C13H13NO5. The molecule has 0 unspecified atom stereocenters. The minimum atomic E-state index is -0.963. The highest BCUT2D eigenvalue weighted by molar-refractivity contribution is 5.87. The summed E-state index contributed by atoms with van der Waals surface area (Å²) in [5.41, 5.74) is 6.10. The highest BCUT2D eigenvalue weighted by Crippen LogP contribution is 2.25. The van der Waals surface area contributed by atoms with Gasteiger partial charge in [-0.2, -0.15) is 0 Å². The molecule has 19 heavy (non-hydrogen) atoms. The number of carbonyl (C=O) groups is 2. The van der Waals surface area contributed by atoms with Gasteiger partial charge in [-0.25, -0.2) is 0 Å². The SMILES string of the molecule is C[C@@H](OC(=O)Cc1coc2cc(O)ccc12)C(N)=O. The molecule has 6 nitrogen and oxygen atoms in total. The zero-order chi connectivity index (χ0) is 14.0. The van der Waals surface area contributed by atoms with Gasteiger partial charge >= 0.3 is 5.97 Å². The fourth-order valence-electron chi connectivity index (χ4n) is 1.66. The van der Waals surface area contributed by atoms with Gasteiger partial charge in [0.15, 0.2) is 6.10 Å². The van der Waals surface area contributed by atoms with Gasteiger partial charge in [0.25, 0.3) is 5.91 Å². The lowest BCUT2D eigenvalue weighted by molar-refractivity contribution is -0.153. The number of phenolic OH excluding ortho intramolecular Hbond substituents is 1. The van der Waals surface area contributed by atoms with Crippen LogP contribution in [-0.2, 0) is 20.7 Å². The summed E-state index contributed by atoms with van der Waals surface area (Å²) in [5, 5.41) is 10.0. The Morgan fingerprint density at radius 1 is 1.47 bits per heavy atom. The second kappa shape index (κ2) is 5.01. The summed E-state index contributed by atoms with van der Waals surface area (Å²) in [6.07, 6.45) is 0.421. The van der Waals surface area contributed by atoms with Crippen molar-refractivity contribution in [2.45, 2.75) is 19.4 Å². The third-order valence-electron chi connectivity index (χ3n) is 2.68. The number of primary amides is 1. The van der Waals surface area contributed by atoms with Crippen molar-refractivity contribution in [2.75, 3.05) is 0 Å². The molecule has 2 aromatic rings. The molecule has 2 rings (SSSR count). The van der Waals surface area contributed by atoms with Crippen molar-refractivity contribution in [3.63, 3.8) is 0 Å². The minimum absolute atomic E-state index is 0.0323. The van der Waals surface area contributed by atoms with Crippen molar-refractivity contribution in [3.8, 4) is 5.75 Å². The molecule has 3 N–H and O–H groups in total. The standard InChI is InChI=1S/C13H13NO5/c1-7(13(14)17)19-12(16)4-8-6-18-11-5-9(15)2-3-10(8)11/h2-3,5-7,15H,4H2,1H3,(H2,14,17)/t7-/m1/s1. The number of furan rings is 1. The lowest BCUT2D eigenvalue weighted by atomic mass is 10.1. The van der Waals surface area contributed by atoms with Gasteiger partial charge in [0, 0.05) is 17.0 Å². The largest absolute Gasteiger partial charge is 0.508 e. The van der Waals surface area contributed by atoms with Crippen LogP contribution in [0.25, 0.3) is 11.0 Å². The summed E-state index contributed by atoms with van der Waals surface area (Å²) in [6, 6.07) is 4.60. The maximum Gasteiger partial charge on any atom is 0.311 e. The van der Waals surface area contributed by atoms with E-state index in [4.69, 9.17) is 14.9 Å². The number of ether oxygens (including phenoxy) is 1. The van der Waals surface area contributed by atoms with Gasteiger partial charge in [-0.1, -0.05) is 0 Å². The number of rotatable bonds is 4. The molecule has 0 saturated carbocycles. The normalized spacial score (nSPS) is 12.3. The monoisotopic (exact) mass is 263 g/mol. The molecule has 1 amide bonds. The number of hydrogen-bond acceptors (Lipinski definition) is 5. The highest BCUT2D eigenvalue weighted by Gasteiger charge is 2.17. The predicted octanol–water partition coefficient (Wildman–Crippen LogP) is 1.10. The van der Waals surface area contributed by atoms with E-state index in [1.54, 1.807) is 6.07 Å². The average Bonchev–Trinajstić information content (AvgIpc) is 2.71. The van der Waals surface area contributed by atoms with Gasteiger partial charge in [0.2, 0.25) is 0 Å². The number of hydrogen-bond donors (Lipinski definition) is 2. The van der Waals surface area contributed by atoms with Gasteiger partial charge in [-0.3, -0.25) is 9.59 Å². The van der Waals surface area contributed by atoms with Crippen LogP contribution in [0, 0.1) is 0 Å². The van der Waals surface area contributed by atoms with Gasteiger partial charge in [-0.05, 0) is 19.1 Å². The predicted molar refractivity (Wildman–Crippen MR) is 66.3 cm³/mol. The molecule has 0 saturated heterocycles. The number of nitrogens with two attached hydrogens (primary N) is 1. The summed E-state index contributed by atoms with van der Waals surface area (Å²) >= 11 is 0. The molecule has 0 aliphatic carbocycles. The first-order valence-electron chi connectivity index (χ1n) is 5.65. The van der Waals surface area contributed by atoms with Gasteiger partial charge in [-0.15, -0.1) is 0 Å². The number of amides is 1. The minimum Gasteiger partial charge on any atom is -0.508 e. The zero-order valence-electron chi connectivity index (χ0n) is 10.3. The number of benzene rings is 1. The van der Waals surface area contributed by atoms with E-state index in [2.05, 4.69) is 0 Å². The summed E-state index contributed by atoms with van der Waals surface area (Å²) in [6.45, 7) is 1.41. The molecule has 1 aromatic heterocycles. The van der Waals surface area contributed by atoms with Gasteiger partial charge in [0.1, 0.15) is 11.3 Å². The zero-order valence-corrected chi connectivity index (χ0v) is 10.3. The Hall–Kier alpha value is -2.50. The van der Waals surface area contributed by atoms with Crippen LogP contribution in [0.15, 0.2) is 28.9 Å². The fourth-order valence-corrected chi connectivity index (χ4v) is 1.66. The van der Waals surface area contributed by atoms with Crippen LogP contribution in [0.1, 0.15) is 12.5 Å². The van der Waals surface area contributed by atoms with Crippen molar-refractivity contribution in [3.05, 3.63) is 30.0 Å². The molecule has 0 aliphatic rings. The number of esters is 1. The molecule has 1 heterocycles. The van der Waals surface area contributed by atoms with Gasteiger partial charge in [0.05, 0.1) is 12.7 Å². The fraction of sp³-hybridized carbons (Fsp3) is 0.231. The van der Waals surface area contributed by atoms with Crippen LogP contribution in [0.5, 0.6) is 5.75 Å². The second-order valence-electron chi connectivity index (χ2n) is 4.15. The van der Waals surface area contributed by atoms with Crippen LogP contribution in [0.3, 0.4) is 0 Å². The molecule has 0 spiro atoms. The van der Waals surface area contributed by atoms with Crippen LogP contribution in [0.2, 0.25) is 0 Å². The smallest absolute Gasteiger partial charge is 0.311 e. The molecule has 0 radical (unpaired) electrons. The van der Waals surface area contributed by atoms with Crippen LogP contribution in [0.4, 0.5) is 0 Å². The summed E-state index contributed by atoms with van der Waals surface area (Å²) in [5.74, 6) is -1.18. The van der Waals surface area contributed by atoms with E-state index in [0.29, 0.717) is 16.5 Å². The maximum atomic E-state index is 11.6. The molecule has 0 bridgehead atoms. The Morgan fingerprint density at radius 3 is 2.89 bits per heavy atom. The van der Waals surface area contributed by atoms with E-state index in [9.17, 15) is 14.7 Å². The topological polar surface area (TPSA) is 103 Å². The first-order chi connectivity index (χ1) is 8.97. The Morgan fingerprint density at radius 2 is 2.21 bits per heavy atom. The Balaban J connectivity index is 2.13. The molecule has 1 aromatic carbocycles. The summed E-state index contributed by atoms with van der Waals surface area (Å²) < 4.78 is 10.1. The third kappa shape index (κ3) is 2.85. The first kappa shape index (κ1) is 12.9.